The fraction of sp³-hybridized carbons (Fsp3) is 0.500. The minimum atomic E-state index is -0.159. The first-order valence-corrected chi connectivity index (χ1v) is 12.4. The van der Waals surface area contributed by atoms with Gasteiger partial charge in [-0.15, -0.1) is 0 Å². The SMILES string of the molecule is Cc1cccn2c(=O)c(/C=C3\SC(=S)N(CC(C)C)C3=O)c(N3C[C@@H](C)C[C@H](C)C3)nc12. The van der Waals surface area contributed by atoms with Crippen molar-refractivity contribution in [3.63, 3.8) is 0 Å². The first-order chi connectivity index (χ1) is 15.2. The van der Waals surface area contributed by atoms with Gasteiger partial charge in [-0.1, -0.05) is 57.7 Å². The van der Waals surface area contributed by atoms with Gasteiger partial charge < -0.3 is 4.90 Å². The Morgan fingerprint density at radius 3 is 2.59 bits per heavy atom. The monoisotopic (exact) mass is 470 g/mol. The van der Waals surface area contributed by atoms with Gasteiger partial charge in [0.25, 0.3) is 11.5 Å². The van der Waals surface area contributed by atoms with Crippen LogP contribution in [0.25, 0.3) is 11.7 Å². The highest BCUT2D eigenvalue weighted by atomic mass is 32.2. The largest absolute Gasteiger partial charge is 0.355 e. The first-order valence-electron chi connectivity index (χ1n) is 11.2. The third kappa shape index (κ3) is 4.35. The third-order valence-corrected chi connectivity index (χ3v) is 7.31. The summed E-state index contributed by atoms with van der Waals surface area (Å²) >= 11 is 6.73. The van der Waals surface area contributed by atoms with Crippen molar-refractivity contribution in [1.29, 1.82) is 0 Å². The number of thioether (sulfide) groups is 1. The quantitative estimate of drug-likeness (QED) is 0.489. The van der Waals surface area contributed by atoms with E-state index in [0.717, 1.165) is 25.1 Å². The molecule has 2 aromatic rings. The second-order valence-electron chi connectivity index (χ2n) is 9.58. The molecule has 2 atom stereocenters. The van der Waals surface area contributed by atoms with Crippen molar-refractivity contribution >= 4 is 51.7 Å². The minimum absolute atomic E-state index is 0.131. The van der Waals surface area contributed by atoms with Crippen LogP contribution in [0.1, 0.15) is 45.2 Å². The molecule has 4 heterocycles. The number of amides is 1. The molecule has 4 rings (SSSR count). The van der Waals surface area contributed by atoms with Gasteiger partial charge in [0.05, 0.1) is 10.5 Å². The van der Waals surface area contributed by atoms with E-state index in [9.17, 15) is 9.59 Å². The third-order valence-electron chi connectivity index (χ3n) is 5.93. The Morgan fingerprint density at radius 1 is 1.25 bits per heavy atom. The number of pyridine rings is 1. The van der Waals surface area contributed by atoms with Gasteiger partial charge in [-0.2, -0.15) is 0 Å². The van der Waals surface area contributed by atoms with E-state index in [1.54, 1.807) is 21.6 Å². The zero-order valence-corrected chi connectivity index (χ0v) is 20.9. The van der Waals surface area contributed by atoms with E-state index in [0.29, 0.717) is 50.6 Å². The van der Waals surface area contributed by atoms with Gasteiger partial charge in [0.1, 0.15) is 15.8 Å². The normalized spacial score (nSPS) is 23.2. The molecule has 0 N–H and O–H groups in total. The summed E-state index contributed by atoms with van der Waals surface area (Å²) in [5.41, 5.74) is 1.90. The maximum atomic E-state index is 13.6. The highest BCUT2D eigenvalue weighted by Crippen LogP contribution is 2.35. The number of hydrogen-bond acceptors (Lipinski definition) is 6. The zero-order chi connectivity index (χ0) is 23.2. The van der Waals surface area contributed by atoms with Gasteiger partial charge in [-0.25, -0.2) is 4.98 Å². The molecular formula is C24H30N4O2S2. The molecule has 2 fully saturated rings. The summed E-state index contributed by atoms with van der Waals surface area (Å²) in [5.74, 6) is 1.85. The van der Waals surface area contributed by atoms with Crippen molar-refractivity contribution in [3.05, 3.63) is 44.7 Å². The summed E-state index contributed by atoms with van der Waals surface area (Å²) in [4.78, 5) is 36.0. The van der Waals surface area contributed by atoms with Crippen LogP contribution in [0, 0.1) is 24.7 Å². The Hall–Kier alpha value is -2.19. The Bertz CT molecular complexity index is 1160. The van der Waals surface area contributed by atoms with E-state index in [4.69, 9.17) is 17.2 Å². The lowest BCUT2D eigenvalue weighted by Crippen LogP contribution is -2.40. The van der Waals surface area contributed by atoms with Crippen LogP contribution in [0.5, 0.6) is 0 Å². The maximum absolute atomic E-state index is 13.6. The van der Waals surface area contributed by atoms with Gasteiger partial charge >= 0.3 is 0 Å². The first kappa shape index (κ1) is 23.0. The summed E-state index contributed by atoms with van der Waals surface area (Å²) in [6, 6.07) is 3.81. The predicted octanol–water partition coefficient (Wildman–Crippen LogP) is 4.34. The van der Waals surface area contributed by atoms with Crippen molar-refractivity contribution in [2.75, 3.05) is 24.5 Å². The lowest BCUT2D eigenvalue weighted by Gasteiger charge is -2.36. The number of rotatable bonds is 4. The Morgan fingerprint density at radius 2 is 1.94 bits per heavy atom. The summed E-state index contributed by atoms with van der Waals surface area (Å²) in [7, 11) is 0. The molecule has 0 saturated carbocycles. The number of aryl methyl sites for hydroxylation is 1. The Balaban J connectivity index is 1.87. The average Bonchev–Trinajstić information content (AvgIpc) is 2.96. The average molecular weight is 471 g/mol. The Labute approximate surface area is 198 Å². The topological polar surface area (TPSA) is 57.9 Å². The van der Waals surface area contributed by atoms with Gasteiger partial charge in [-0.05, 0) is 48.8 Å². The van der Waals surface area contributed by atoms with Crippen molar-refractivity contribution in [1.82, 2.24) is 14.3 Å². The number of carbonyl (C=O) groups is 1. The molecule has 0 bridgehead atoms. The van der Waals surface area contributed by atoms with Crippen molar-refractivity contribution in [2.24, 2.45) is 17.8 Å². The van der Waals surface area contributed by atoms with Crippen LogP contribution >= 0.6 is 24.0 Å². The van der Waals surface area contributed by atoms with Gasteiger partial charge in [0, 0.05) is 25.8 Å². The number of anilines is 1. The standard InChI is InChI=1S/C24H30N4O2S2/c1-14(2)11-28-23(30)19(32-24(28)31)10-18-21(26-12-15(3)9-16(4)13-26)25-20-17(5)7-6-8-27(20)22(18)29/h6-8,10,14-16H,9,11-13H2,1-5H3/b19-10-/t15-,16-/m0/s1. The van der Waals surface area contributed by atoms with Crippen LogP contribution in [-0.2, 0) is 4.79 Å². The maximum Gasteiger partial charge on any atom is 0.267 e. The van der Waals surface area contributed by atoms with E-state index in [1.807, 2.05) is 19.1 Å². The van der Waals surface area contributed by atoms with Gasteiger partial charge in [-0.3, -0.25) is 18.9 Å². The molecule has 2 saturated heterocycles. The summed E-state index contributed by atoms with van der Waals surface area (Å²) in [6.07, 6.45) is 4.61. The molecule has 2 aliphatic rings. The molecule has 0 aliphatic carbocycles. The van der Waals surface area contributed by atoms with E-state index in [1.165, 1.54) is 11.8 Å². The number of aromatic nitrogens is 2. The lowest BCUT2D eigenvalue weighted by atomic mass is 9.91. The molecule has 8 heteroatoms. The number of carbonyl (C=O) groups excluding carboxylic acids is 1. The lowest BCUT2D eigenvalue weighted by molar-refractivity contribution is -0.122. The van der Waals surface area contributed by atoms with Crippen LogP contribution in [0.15, 0.2) is 28.0 Å². The number of hydrogen-bond donors (Lipinski definition) is 0. The minimum Gasteiger partial charge on any atom is -0.355 e. The molecular weight excluding hydrogens is 440 g/mol. The van der Waals surface area contributed by atoms with Crippen LogP contribution in [0.3, 0.4) is 0 Å². The molecule has 2 aromatic heterocycles. The summed E-state index contributed by atoms with van der Waals surface area (Å²) < 4.78 is 2.12. The van der Waals surface area contributed by atoms with Crippen LogP contribution in [0.2, 0.25) is 0 Å². The molecule has 0 spiro atoms. The van der Waals surface area contributed by atoms with Crippen molar-refractivity contribution in [3.8, 4) is 0 Å². The molecule has 1 amide bonds. The second-order valence-corrected chi connectivity index (χ2v) is 11.3. The van der Waals surface area contributed by atoms with E-state index >= 15 is 0 Å². The van der Waals surface area contributed by atoms with E-state index in [-0.39, 0.29) is 11.5 Å². The van der Waals surface area contributed by atoms with Crippen LogP contribution in [0.4, 0.5) is 5.82 Å². The number of thiocarbonyl (C=S) groups is 1. The number of fused-ring (bicyclic) bond motifs is 1. The highest BCUT2D eigenvalue weighted by molar-refractivity contribution is 8.26. The number of piperidine rings is 1. The molecule has 2 aliphatic heterocycles. The van der Waals surface area contributed by atoms with Gasteiger partial charge in [0.15, 0.2) is 0 Å². The molecule has 32 heavy (non-hydrogen) atoms. The Kier molecular flexibility index (Phi) is 6.45. The van der Waals surface area contributed by atoms with Crippen molar-refractivity contribution in [2.45, 2.75) is 41.0 Å². The zero-order valence-electron chi connectivity index (χ0n) is 19.3. The summed E-state index contributed by atoms with van der Waals surface area (Å²) in [5, 5.41) is 0. The molecule has 6 nitrogen and oxygen atoms in total. The number of nitrogens with zero attached hydrogens (tertiary/aromatic N) is 4. The smallest absolute Gasteiger partial charge is 0.267 e. The van der Waals surface area contributed by atoms with Crippen LogP contribution in [-0.4, -0.2) is 44.1 Å². The second kappa shape index (κ2) is 8.98. The van der Waals surface area contributed by atoms with Gasteiger partial charge in [0.2, 0.25) is 0 Å². The van der Waals surface area contributed by atoms with Crippen molar-refractivity contribution < 1.29 is 4.79 Å². The van der Waals surface area contributed by atoms with Crippen LogP contribution < -0.4 is 10.5 Å². The fourth-order valence-electron chi connectivity index (χ4n) is 4.66. The molecule has 0 aromatic carbocycles. The molecule has 170 valence electrons. The summed E-state index contributed by atoms with van der Waals surface area (Å²) in [6.45, 7) is 12.8. The van der Waals surface area contributed by atoms with E-state index < -0.39 is 0 Å². The molecule has 0 unspecified atom stereocenters. The highest BCUT2D eigenvalue weighted by Gasteiger charge is 2.34. The fourth-order valence-corrected chi connectivity index (χ4v) is 5.91. The van der Waals surface area contributed by atoms with E-state index in [2.05, 4.69) is 32.6 Å². The molecule has 0 radical (unpaired) electrons. The predicted molar refractivity (Wildman–Crippen MR) is 136 cm³/mol.